The van der Waals surface area contributed by atoms with E-state index in [1.54, 1.807) is 0 Å². The number of carbonyl (C=O) groups is 2. The van der Waals surface area contributed by atoms with Gasteiger partial charge >= 0.3 is 5.97 Å². The Kier molecular flexibility index (Phi) is 19.1. The summed E-state index contributed by atoms with van der Waals surface area (Å²) < 4.78 is 34.0. The lowest BCUT2D eigenvalue weighted by Gasteiger charge is -2.39. The Balaban J connectivity index is 1.17. The minimum atomic E-state index is -1.55. The predicted octanol–water partition coefficient (Wildman–Crippen LogP) is 3.27. The highest BCUT2D eigenvalue weighted by Gasteiger charge is 2.45. The minimum Gasteiger partial charge on any atom is -0.465 e. The third-order valence-corrected chi connectivity index (χ3v) is 15.6. The lowest BCUT2D eigenvalue weighted by molar-refractivity contribution is -0.301. The van der Waals surface area contributed by atoms with E-state index in [0.29, 0.717) is 58.6 Å². The average Bonchev–Trinajstić information content (AvgIpc) is 4.07. The Morgan fingerprint density at radius 3 is 1.97 bits per heavy atom. The molecule has 10 N–H and O–H groups in total. The molecule has 7 heterocycles. The number of rotatable bonds is 19. The van der Waals surface area contributed by atoms with E-state index in [1.165, 1.54) is 7.11 Å². The first-order valence-corrected chi connectivity index (χ1v) is 26.0. The third kappa shape index (κ3) is 12.0. The molecule has 3 aromatic rings. The van der Waals surface area contributed by atoms with Crippen molar-refractivity contribution in [2.45, 2.75) is 160 Å². The maximum absolute atomic E-state index is 13.6. The second-order valence-electron chi connectivity index (χ2n) is 19.2. The molecule has 0 amide bonds. The molecule has 4 aliphatic heterocycles. The van der Waals surface area contributed by atoms with Gasteiger partial charge in [-0.2, -0.15) is 0 Å². The van der Waals surface area contributed by atoms with Crippen molar-refractivity contribution < 1.29 is 78.9 Å². The Morgan fingerprint density at radius 1 is 0.753 bits per heavy atom. The maximum Gasteiger partial charge on any atom is 0.340 e. The zero-order valence-electron chi connectivity index (χ0n) is 42.7. The molecule has 0 saturated carbocycles. The van der Waals surface area contributed by atoms with Crippen molar-refractivity contribution in [3.05, 3.63) is 68.8 Å². The molecule has 0 spiro atoms. The van der Waals surface area contributed by atoms with Crippen molar-refractivity contribution in [2.24, 2.45) is 0 Å². The predicted molar refractivity (Wildman–Crippen MR) is 270 cm³/mol. The van der Waals surface area contributed by atoms with E-state index in [-0.39, 0.29) is 43.2 Å². The molecular weight excluding hydrogens is 969 g/mol. The highest BCUT2D eigenvalue weighted by molar-refractivity contribution is 8.13. The lowest BCUT2D eigenvalue weighted by atomic mass is 9.86. The van der Waals surface area contributed by atoms with Crippen molar-refractivity contribution in [3.63, 3.8) is 0 Å². The number of hydrogen-bond donors (Lipinski definition) is 10. The number of allylic oxidation sites excluding steroid dienone is 1. The Labute approximate surface area is 428 Å². The molecule has 2 saturated heterocycles. The van der Waals surface area contributed by atoms with E-state index in [0.717, 1.165) is 68.4 Å². The van der Waals surface area contributed by atoms with Crippen LogP contribution in [0.4, 0.5) is 0 Å². The summed E-state index contributed by atoms with van der Waals surface area (Å²) in [6.45, 7) is 13.3. The fourth-order valence-corrected chi connectivity index (χ4v) is 10.9. The summed E-state index contributed by atoms with van der Waals surface area (Å²) >= 11 is 1.15. The van der Waals surface area contributed by atoms with E-state index in [4.69, 9.17) is 38.4 Å². The van der Waals surface area contributed by atoms with Gasteiger partial charge in [0.1, 0.15) is 48.8 Å². The van der Waals surface area contributed by atoms with E-state index < -0.39 is 86.7 Å². The van der Waals surface area contributed by atoms with Crippen LogP contribution in [0.25, 0.3) is 33.2 Å². The Bertz CT molecular complexity index is 2650. The van der Waals surface area contributed by atoms with Crippen LogP contribution >= 0.6 is 11.8 Å². The van der Waals surface area contributed by atoms with Gasteiger partial charge in [-0.1, -0.05) is 25.6 Å². The Morgan fingerprint density at radius 2 is 1.37 bits per heavy atom. The number of aryl methyl sites for hydroxylation is 4. The van der Waals surface area contributed by atoms with Crippen molar-refractivity contribution in [3.8, 4) is 0 Å². The third-order valence-electron chi connectivity index (χ3n) is 14.6. The number of esters is 1. The first kappa shape index (κ1) is 56.6. The molecule has 0 aliphatic carbocycles. The number of nitrogens with zero attached hydrogens (tertiary/aromatic N) is 2. The Hall–Kier alpha value is -4.17. The molecule has 4 aliphatic rings. The number of aromatic nitrogens is 4. The van der Waals surface area contributed by atoms with Crippen molar-refractivity contribution in [2.75, 3.05) is 45.9 Å². The summed E-state index contributed by atoms with van der Waals surface area (Å²) in [5.41, 5.74) is 11.6. The molecule has 2 fully saturated rings. The molecule has 20 nitrogen and oxygen atoms in total. The van der Waals surface area contributed by atoms with Crippen LogP contribution < -0.4 is 0 Å². The summed E-state index contributed by atoms with van der Waals surface area (Å²) in [6.07, 6.45) is -12.0. The van der Waals surface area contributed by atoms with Gasteiger partial charge in [0.25, 0.3) is 0 Å². The summed E-state index contributed by atoms with van der Waals surface area (Å²) in [6, 6.07) is 6.02. The molecule has 1 unspecified atom stereocenters. The van der Waals surface area contributed by atoms with E-state index in [9.17, 15) is 50.4 Å². The number of methoxy groups -OCH3 is 1. The van der Waals surface area contributed by atoms with Crippen LogP contribution in [-0.2, 0) is 39.6 Å². The monoisotopic (exact) mass is 1040 g/mol. The van der Waals surface area contributed by atoms with Crippen LogP contribution in [0.1, 0.15) is 121 Å². The highest BCUT2D eigenvalue weighted by Crippen LogP contribution is 2.44. The fraction of sp³-hybridized carbons (Fsp3) is 0.615. The van der Waals surface area contributed by atoms with Gasteiger partial charge < -0.3 is 79.2 Å². The summed E-state index contributed by atoms with van der Waals surface area (Å²) in [5, 5.41) is 80.3. The van der Waals surface area contributed by atoms with Gasteiger partial charge in [0.2, 0.25) is 0 Å². The van der Waals surface area contributed by atoms with Gasteiger partial charge in [-0.15, -0.1) is 0 Å². The molecule has 13 atom stereocenters. The van der Waals surface area contributed by atoms with E-state index in [2.05, 4.69) is 30.7 Å². The molecule has 73 heavy (non-hydrogen) atoms. The van der Waals surface area contributed by atoms with Crippen LogP contribution in [0.2, 0.25) is 0 Å². The second-order valence-corrected chi connectivity index (χ2v) is 20.4. The molecular formula is C52H72N4O16S. The van der Waals surface area contributed by atoms with Gasteiger partial charge in [0, 0.05) is 64.1 Å². The largest absolute Gasteiger partial charge is 0.465 e. The minimum absolute atomic E-state index is 0.0457. The fourth-order valence-electron chi connectivity index (χ4n) is 10.2. The van der Waals surface area contributed by atoms with Crippen LogP contribution in [0.15, 0.2) is 18.2 Å². The molecule has 0 aromatic carbocycles. The highest BCUT2D eigenvalue weighted by atomic mass is 32.2. The first-order chi connectivity index (χ1) is 34.8. The molecule has 402 valence electrons. The number of ether oxygens (including phenoxy) is 6. The quantitative estimate of drug-likeness (QED) is 0.0609. The smallest absolute Gasteiger partial charge is 0.340 e. The molecule has 21 heteroatoms. The topological polar surface area (TPSA) is 309 Å². The van der Waals surface area contributed by atoms with Crippen LogP contribution in [0.5, 0.6) is 0 Å². The first-order valence-electron chi connectivity index (χ1n) is 25.0. The normalized spacial score (nSPS) is 27.9. The number of aliphatic hydroxyl groups is 8. The van der Waals surface area contributed by atoms with Gasteiger partial charge in [-0.05, 0) is 106 Å². The van der Waals surface area contributed by atoms with E-state index >= 15 is 0 Å². The molecule has 3 aromatic heterocycles. The van der Waals surface area contributed by atoms with Gasteiger partial charge in [0.15, 0.2) is 17.7 Å². The van der Waals surface area contributed by atoms with Gasteiger partial charge in [0.05, 0.1) is 62.1 Å². The van der Waals surface area contributed by atoms with E-state index in [1.807, 2.05) is 45.9 Å². The molecule has 8 bridgehead atoms. The number of aromatic amines is 2. The van der Waals surface area contributed by atoms with Crippen molar-refractivity contribution in [1.82, 2.24) is 19.9 Å². The maximum atomic E-state index is 13.6. The number of fused-ring (bicyclic) bond motifs is 8. The van der Waals surface area contributed by atoms with Gasteiger partial charge in [-0.3, -0.25) is 9.78 Å². The van der Waals surface area contributed by atoms with Crippen LogP contribution in [-0.4, -0.2) is 185 Å². The number of H-pyrrole nitrogens is 2. The van der Waals surface area contributed by atoms with Crippen LogP contribution in [0.3, 0.4) is 0 Å². The number of hydrogen-bond acceptors (Lipinski definition) is 19. The van der Waals surface area contributed by atoms with Gasteiger partial charge in [-0.25, -0.2) is 9.78 Å². The average molecular weight is 1040 g/mol. The van der Waals surface area contributed by atoms with Crippen molar-refractivity contribution >= 4 is 56.1 Å². The second kappa shape index (κ2) is 24.7. The SMILES string of the molecule is CCc1c(C)c2cc3nc(cc4nc(c(C)c5[nH]c(cc1[nH]2)c(C)c5C(=O)OC)[C@@H](CCC(=O)SCCCO[C@@H]1O[C@H](CO)[C@@H](O)[C@H](O)[C@H]1O)[C@@H]4C)C(C)=C3C(C)OCCCO[C@@H]1O[C@H](CO)[C@@H](O)[C@H](O)[C@H]1O. The lowest BCUT2D eigenvalue weighted by Crippen LogP contribution is -2.59. The number of thioether (sulfide) groups is 1. The number of nitrogens with one attached hydrogen (secondary N) is 2. The molecule has 0 radical (unpaired) electrons. The standard InChI is InChI=1S/C52H72N4O16S/c1-9-29-23(2)31-20-36-40(28(7)68-14-10-15-69-51-48(64)46(62)44(60)37(21-57)71-51)25(4)33(54-36)18-32-24(3)30(12-13-39(59)73-17-11-16-70-52-49(65)47(63)45(61)38(22-58)72-52)42(55-32)27(6)43-41(50(66)67-8)26(5)34(56-43)19-35(29)53-31/h18-20,24,28,30,37-38,44-49,51-53,56-58,60-65H,9-17,21-22H2,1-8H3/t24-,28?,30-,37+,38+,44+,45+,46-,47-,48+,49+,51+,52+/m0/s1. The number of aliphatic hydroxyl groups excluding tert-OH is 8. The van der Waals surface area contributed by atoms with Crippen molar-refractivity contribution in [1.29, 1.82) is 0 Å². The summed E-state index contributed by atoms with van der Waals surface area (Å²) in [7, 11) is 1.36. The summed E-state index contributed by atoms with van der Waals surface area (Å²) in [5.74, 6) is -0.516. The molecule has 7 rings (SSSR count). The summed E-state index contributed by atoms with van der Waals surface area (Å²) in [4.78, 5) is 44.9. The van der Waals surface area contributed by atoms with Crippen LogP contribution in [0, 0.1) is 20.8 Å². The zero-order valence-corrected chi connectivity index (χ0v) is 43.5. The number of carbonyl (C=O) groups excluding carboxylic acids is 2. The zero-order chi connectivity index (χ0) is 53.0.